The average Bonchev–Trinajstić information content (AvgIpc) is 2.88. The molecule has 2 aromatic rings. The van der Waals surface area contributed by atoms with Crippen molar-refractivity contribution >= 4 is 5.97 Å². The molecule has 0 aliphatic rings. The molecule has 0 saturated carbocycles. The van der Waals surface area contributed by atoms with Crippen molar-refractivity contribution < 1.29 is 19.2 Å². The lowest BCUT2D eigenvalue weighted by atomic mass is 10.2. The number of rotatable bonds is 6. The summed E-state index contributed by atoms with van der Waals surface area (Å²) in [7, 11) is 3.55. The number of carbonyl (C=O) groups is 1. The standard InChI is InChI=1S/C14H16N2O4/c1-16(8-10-5-3-4-6-13(10)19-2)9-11-7-12(14(17)18)15-20-11/h3-7H,8-9H2,1-2H3,(H,17,18). The molecule has 0 spiro atoms. The molecule has 0 fully saturated rings. The first-order valence-electron chi connectivity index (χ1n) is 6.09. The van der Waals surface area contributed by atoms with E-state index in [9.17, 15) is 4.79 Å². The summed E-state index contributed by atoms with van der Waals surface area (Å²) in [5, 5.41) is 12.3. The molecule has 0 unspecified atom stereocenters. The summed E-state index contributed by atoms with van der Waals surface area (Å²) in [4.78, 5) is 12.7. The highest BCUT2D eigenvalue weighted by Crippen LogP contribution is 2.19. The van der Waals surface area contributed by atoms with Gasteiger partial charge in [-0.05, 0) is 13.1 Å². The molecule has 0 atom stereocenters. The number of para-hydroxylation sites is 1. The Labute approximate surface area is 116 Å². The molecule has 1 N–H and O–H groups in total. The molecule has 0 aliphatic heterocycles. The maximum atomic E-state index is 10.7. The van der Waals surface area contributed by atoms with Gasteiger partial charge < -0.3 is 14.4 Å². The van der Waals surface area contributed by atoms with Gasteiger partial charge in [0.1, 0.15) is 5.75 Å². The van der Waals surface area contributed by atoms with Crippen molar-refractivity contribution in [1.82, 2.24) is 10.1 Å². The molecule has 0 radical (unpaired) electrons. The van der Waals surface area contributed by atoms with Crippen molar-refractivity contribution in [1.29, 1.82) is 0 Å². The average molecular weight is 276 g/mol. The van der Waals surface area contributed by atoms with Gasteiger partial charge in [0.15, 0.2) is 11.5 Å². The van der Waals surface area contributed by atoms with Crippen LogP contribution in [0.5, 0.6) is 5.75 Å². The minimum Gasteiger partial charge on any atom is -0.496 e. The summed E-state index contributed by atoms with van der Waals surface area (Å²) in [6.07, 6.45) is 0. The molecule has 0 amide bonds. The van der Waals surface area contributed by atoms with Crippen LogP contribution in [0.25, 0.3) is 0 Å². The second kappa shape index (κ2) is 6.21. The highest BCUT2D eigenvalue weighted by atomic mass is 16.5. The fourth-order valence-corrected chi connectivity index (χ4v) is 1.93. The van der Waals surface area contributed by atoms with E-state index in [2.05, 4.69) is 5.16 Å². The molecule has 0 bridgehead atoms. The number of ether oxygens (including phenoxy) is 1. The van der Waals surface area contributed by atoms with Crippen LogP contribution in [0.2, 0.25) is 0 Å². The number of carboxylic acid groups (broad SMARTS) is 1. The highest BCUT2D eigenvalue weighted by molar-refractivity contribution is 5.85. The number of hydrogen-bond donors (Lipinski definition) is 1. The lowest BCUT2D eigenvalue weighted by Crippen LogP contribution is -2.17. The minimum absolute atomic E-state index is 0.0781. The molecule has 106 valence electrons. The zero-order valence-corrected chi connectivity index (χ0v) is 11.4. The summed E-state index contributed by atoms with van der Waals surface area (Å²) in [5.74, 6) is 0.246. The molecule has 1 heterocycles. The molecule has 1 aromatic heterocycles. The predicted octanol–water partition coefficient (Wildman–Crippen LogP) is 2.01. The quantitative estimate of drug-likeness (QED) is 0.869. The molecule has 2 rings (SSSR count). The summed E-state index contributed by atoms with van der Waals surface area (Å²) in [5.41, 5.74) is 0.973. The Morgan fingerprint density at radius 1 is 1.40 bits per heavy atom. The molecule has 0 saturated heterocycles. The van der Waals surface area contributed by atoms with Crippen LogP contribution in [0.4, 0.5) is 0 Å². The molecular weight excluding hydrogens is 260 g/mol. The third kappa shape index (κ3) is 3.36. The van der Waals surface area contributed by atoms with Gasteiger partial charge in [-0.25, -0.2) is 4.79 Å². The van der Waals surface area contributed by atoms with Gasteiger partial charge in [-0.15, -0.1) is 0 Å². The van der Waals surface area contributed by atoms with Gasteiger partial charge in [0, 0.05) is 18.2 Å². The number of methoxy groups -OCH3 is 1. The Balaban J connectivity index is 2.01. The highest BCUT2D eigenvalue weighted by Gasteiger charge is 2.13. The maximum Gasteiger partial charge on any atom is 0.358 e. The lowest BCUT2D eigenvalue weighted by Gasteiger charge is -2.16. The van der Waals surface area contributed by atoms with Crippen molar-refractivity contribution in [3.8, 4) is 5.75 Å². The van der Waals surface area contributed by atoms with Crippen LogP contribution in [-0.4, -0.2) is 35.3 Å². The summed E-state index contributed by atoms with van der Waals surface area (Å²) < 4.78 is 10.3. The monoisotopic (exact) mass is 276 g/mol. The Morgan fingerprint density at radius 3 is 2.80 bits per heavy atom. The Morgan fingerprint density at radius 2 is 2.15 bits per heavy atom. The van der Waals surface area contributed by atoms with Crippen molar-refractivity contribution in [2.45, 2.75) is 13.1 Å². The smallest absolute Gasteiger partial charge is 0.358 e. The van der Waals surface area contributed by atoms with Crippen LogP contribution in [0.15, 0.2) is 34.9 Å². The molecule has 20 heavy (non-hydrogen) atoms. The number of aromatic carboxylic acids is 1. The third-order valence-corrected chi connectivity index (χ3v) is 2.84. The zero-order valence-electron chi connectivity index (χ0n) is 11.4. The van der Waals surface area contributed by atoms with E-state index in [0.717, 1.165) is 11.3 Å². The summed E-state index contributed by atoms with van der Waals surface area (Å²) in [6.45, 7) is 1.13. The largest absolute Gasteiger partial charge is 0.496 e. The van der Waals surface area contributed by atoms with Crippen LogP contribution >= 0.6 is 0 Å². The Hall–Kier alpha value is -2.34. The first-order valence-corrected chi connectivity index (χ1v) is 6.09. The van der Waals surface area contributed by atoms with Gasteiger partial charge in [0.05, 0.1) is 13.7 Å². The number of carboxylic acids is 1. The summed E-state index contributed by atoms with van der Waals surface area (Å²) >= 11 is 0. The van der Waals surface area contributed by atoms with E-state index >= 15 is 0 Å². The fourth-order valence-electron chi connectivity index (χ4n) is 1.93. The van der Waals surface area contributed by atoms with E-state index in [1.54, 1.807) is 7.11 Å². The second-order valence-electron chi connectivity index (χ2n) is 4.47. The van der Waals surface area contributed by atoms with Gasteiger partial charge in [0.2, 0.25) is 0 Å². The van der Waals surface area contributed by atoms with E-state index in [4.69, 9.17) is 14.4 Å². The van der Waals surface area contributed by atoms with Crippen molar-refractivity contribution in [2.24, 2.45) is 0 Å². The first-order chi connectivity index (χ1) is 9.60. The van der Waals surface area contributed by atoms with E-state index in [1.807, 2.05) is 36.2 Å². The number of hydrogen-bond acceptors (Lipinski definition) is 5. The topological polar surface area (TPSA) is 75.8 Å². The fraction of sp³-hybridized carbons (Fsp3) is 0.286. The van der Waals surface area contributed by atoms with Crippen molar-refractivity contribution in [2.75, 3.05) is 14.2 Å². The van der Waals surface area contributed by atoms with Crippen molar-refractivity contribution in [3.05, 3.63) is 47.3 Å². The van der Waals surface area contributed by atoms with Gasteiger partial charge in [-0.3, -0.25) is 4.90 Å². The minimum atomic E-state index is -1.09. The molecule has 6 nitrogen and oxygen atoms in total. The lowest BCUT2D eigenvalue weighted by molar-refractivity contribution is 0.0685. The van der Waals surface area contributed by atoms with Gasteiger partial charge >= 0.3 is 5.97 Å². The number of aromatic nitrogens is 1. The molecule has 6 heteroatoms. The van der Waals surface area contributed by atoms with Crippen LogP contribution in [0, 0.1) is 0 Å². The second-order valence-corrected chi connectivity index (χ2v) is 4.47. The van der Waals surface area contributed by atoms with E-state index in [0.29, 0.717) is 18.8 Å². The SMILES string of the molecule is COc1ccccc1CN(C)Cc1cc(C(=O)O)no1. The van der Waals surface area contributed by atoms with E-state index in [1.165, 1.54) is 6.07 Å². The zero-order chi connectivity index (χ0) is 14.5. The van der Waals surface area contributed by atoms with Crippen LogP contribution in [-0.2, 0) is 13.1 Å². The first kappa shape index (κ1) is 14.1. The Kier molecular flexibility index (Phi) is 4.37. The van der Waals surface area contributed by atoms with Crippen LogP contribution in [0.3, 0.4) is 0 Å². The molecule has 1 aromatic carbocycles. The molecule has 0 aliphatic carbocycles. The Bertz CT molecular complexity index is 594. The normalized spacial score (nSPS) is 10.8. The van der Waals surface area contributed by atoms with E-state index < -0.39 is 5.97 Å². The van der Waals surface area contributed by atoms with Crippen molar-refractivity contribution in [3.63, 3.8) is 0 Å². The predicted molar refractivity (Wildman–Crippen MR) is 71.6 cm³/mol. The number of benzene rings is 1. The number of nitrogens with zero attached hydrogens (tertiary/aromatic N) is 2. The summed E-state index contributed by atoms with van der Waals surface area (Å²) in [6, 6.07) is 9.18. The van der Waals surface area contributed by atoms with Gasteiger partial charge in [0.25, 0.3) is 0 Å². The van der Waals surface area contributed by atoms with Gasteiger partial charge in [-0.2, -0.15) is 0 Å². The molecular formula is C14H16N2O4. The van der Waals surface area contributed by atoms with Gasteiger partial charge in [-0.1, -0.05) is 23.4 Å². The third-order valence-electron chi connectivity index (χ3n) is 2.84. The maximum absolute atomic E-state index is 10.7. The van der Waals surface area contributed by atoms with Crippen LogP contribution in [0.1, 0.15) is 21.8 Å². The van der Waals surface area contributed by atoms with Crippen LogP contribution < -0.4 is 4.74 Å². The van der Waals surface area contributed by atoms with E-state index in [-0.39, 0.29) is 5.69 Å².